The van der Waals surface area contributed by atoms with Gasteiger partial charge in [-0.1, -0.05) is 0 Å². The van der Waals surface area contributed by atoms with Gasteiger partial charge in [-0.3, -0.25) is 9.98 Å². The molecule has 3 aromatic rings. The summed E-state index contributed by atoms with van der Waals surface area (Å²) >= 11 is 10.2. The van der Waals surface area contributed by atoms with Crippen molar-refractivity contribution in [2.45, 2.75) is 0 Å². The van der Waals surface area contributed by atoms with E-state index in [0.29, 0.717) is 0 Å². The maximum absolute atomic E-state index is 4.46. The fourth-order valence-corrected chi connectivity index (χ4v) is 4.29. The minimum absolute atomic E-state index is 0.919. The number of halogens is 2. The lowest BCUT2D eigenvalue weighted by Gasteiger charge is -1.95. The van der Waals surface area contributed by atoms with Gasteiger partial charge in [0.1, 0.15) is 0 Å². The van der Waals surface area contributed by atoms with E-state index in [1.165, 1.54) is 0 Å². The number of thiophene rings is 2. The number of hydrogen-bond donors (Lipinski definition) is 0. The van der Waals surface area contributed by atoms with Gasteiger partial charge in [0.25, 0.3) is 0 Å². The van der Waals surface area contributed by atoms with Gasteiger partial charge in [0.2, 0.25) is 0 Å². The first-order chi connectivity index (χ1) is 10.7. The second kappa shape index (κ2) is 7.46. The van der Waals surface area contributed by atoms with Gasteiger partial charge in [-0.2, -0.15) is 0 Å². The Balaban J connectivity index is 1.67. The molecule has 2 nitrogen and oxygen atoms in total. The molecule has 0 aliphatic carbocycles. The molecule has 0 saturated heterocycles. The number of nitrogens with zero attached hydrogens (tertiary/aromatic N) is 2. The molecule has 2 aromatic heterocycles. The van der Waals surface area contributed by atoms with Gasteiger partial charge in [-0.15, -0.1) is 22.7 Å². The van der Waals surface area contributed by atoms with E-state index in [9.17, 15) is 0 Å². The molecule has 0 bridgehead atoms. The average molecular weight is 454 g/mol. The fraction of sp³-hybridized carbons (Fsp3) is 0. The van der Waals surface area contributed by atoms with Crippen LogP contribution in [0.2, 0.25) is 0 Å². The van der Waals surface area contributed by atoms with Crippen LogP contribution in [0.5, 0.6) is 0 Å². The van der Waals surface area contributed by atoms with Crippen LogP contribution in [0.15, 0.2) is 66.1 Å². The Morgan fingerprint density at radius 1 is 0.636 bits per heavy atom. The lowest BCUT2D eigenvalue weighted by atomic mass is 10.3. The highest BCUT2D eigenvalue weighted by Crippen LogP contribution is 2.24. The average Bonchev–Trinajstić information content (AvgIpc) is 3.12. The Kier molecular flexibility index (Phi) is 5.36. The molecule has 2 heterocycles. The Labute approximate surface area is 153 Å². The van der Waals surface area contributed by atoms with Crippen LogP contribution in [-0.2, 0) is 0 Å². The summed E-state index contributed by atoms with van der Waals surface area (Å²) in [6.07, 6.45) is 3.74. The van der Waals surface area contributed by atoms with Crippen molar-refractivity contribution in [2.24, 2.45) is 9.98 Å². The molecule has 0 saturated carbocycles. The van der Waals surface area contributed by atoms with Gasteiger partial charge in [0.05, 0.1) is 18.9 Å². The summed E-state index contributed by atoms with van der Waals surface area (Å²) in [6.45, 7) is 0. The summed E-state index contributed by atoms with van der Waals surface area (Å²) in [4.78, 5) is 11.2. The maximum atomic E-state index is 4.46. The molecule has 6 heteroatoms. The highest BCUT2D eigenvalue weighted by Gasteiger charge is 1.96. The molecule has 1 aromatic carbocycles. The predicted octanol–water partition coefficient (Wildman–Crippen LogP) is 6.84. The topological polar surface area (TPSA) is 24.7 Å². The van der Waals surface area contributed by atoms with Crippen LogP contribution in [0.25, 0.3) is 0 Å². The predicted molar refractivity (Wildman–Crippen MR) is 105 cm³/mol. The van der Waals surface area contributed by atoms with Crippen LogP contribution >= 0.6 is 54.5 Å². The van der Waals surface area contributed by atoms with Crippen LogP contribution in [0.3, 0.4) is 0 Å². The molecule has 0 N–H and O–H groups in total. The van der Waals surface area contributed by atoms with Gasteiger partial charge in [0.15, 0.2) is 0 Å². The summed E-state index contributed by atoms with van der Waals surface area (Å²) < 4.78 is 2.22. The molecule has 0 spiro atoms. The second-order valence-electron chi connectivity index (χ2n) is 4.32. The van der Waals surface area contributed by atoms with E-state index in [0.717, 1.165) is 28.7 Å². The molecule has 0 amide bonds. The minimum Gasteiger partial charge on any atom is -0.255 e. The molecule has 0 unspecified atom stereocenters. The third-order valence-corrected chi connectivity index (χ3v) is 5.84. The van der Waals surface area contributed by atoms with E-state index in [-0.39, 0.29) is 0 Å². The van der Waals surface area contributed by atoms with E-state index in [4.69, 9.17) is 0 Å². The van der Waals surface area contributed by atoms with E-state index in [1.54, 1.807) is 22.7 Å². The first-order valence-electron chi connectivity index (χ1n) is 6.38. The molecule has 0 radical (unpaired) electrons. The zero-order valence-corrected chi connectivity index (χ0v) is 16.0. The van der Waals surface area contributed by atoms with Gasteiger partial charge >= 0.3 is 0 Å². The third-order valence-electron chi connectivity index (χ3n) is 2.72. The van der Waals surface area contributed by atoms with Crippen molar-refractivity contribution in [3.05, 3.63) is 65.9 Å². The number of aliphatic imine (C=N–C) groups is 2. The van der Waals surface area contributed by atoms with Crippen molar-refractivity contribution >= 4 is 78.3 Å². The second-order valence-corrected chi connectivity index (χ2v) is 9.31. The summed E-state index contributed by atoms with van der Waals surface area (Å²) in [6, 6.07) is 16.0. The van der Waals surface area contributed by atoms with Crippen LogP contribution < -0.4 is 0 Å². The zero-order valence-electron chi connectivity index (χ0n) is 11.2. The van der Waals surface area contributed by atoms with E-state index in [1.807, 2.05) is 61.0 Å². The van der Waals surface area contributed by atoms with Gasteiger partial charge in [-0.05, 0) is 80.4 Å². The molecule has 110 valence electrons. The largest absolute Gasteiger partial charge is 0.255 e. The standard InChI is InChI=1S/C16H10Br2N2S2/c17-15-7-5-13(21-15)9-19-11-1-2-12(4-3-11)20-10-14-6-8-16(18)22-14/h1-10H. The van der Waals surface area contributed by atoms with E-state index in [2.05, 4.69) is 41.8 Å². The number of benzene rings is 1. The molecular weight excluding hydrogens is 444 g/mol. The number of rotatable bonds is 4. The van der Waals surface area contributed by atoms with Crippen molar-refractivity contribution in [3.8, 4) is 0 Å². The minimum atomic E-state index is 0.919. The first-order valence-corrected chi connectivity index (χ1v) is 9.60. The van der Waals surface area contributed by atoms with Crippen LogP contribution in [0.4, 0.5) is 11.4 Å². The van der Waals surface area contributed by atoms with Gasteiger partial charge < -0.3 is 0 Å². The van der Waals surface area contributed by atoms with Crippen molar-refractivity contribution in [2.75, 3.05) is 0 Å². The molecule has 0 fully saturated rings. The zero-order chi connectivity index (χ0) is 15.4. The van der Waals surface area contributed by atoms with Gasteiger partial charge in [0, 0.05) is 22.2 Å². The highest BCUT2D eigenvalue weighted by atomic mass is 79.9. The lowest BCUT2D eigenvalue weighted by Crippen LogP contribution is -1.73. The fourth-order valence-electron chi connectivity index (χ4n) is 1.70. The van der Waals surface area contributed by atoms with Crippen molar-refractivity contribution in [1.82, 2.24) is 0 Å². The Hall–Kier alpha value is -1.08. The summed E-state index contributed by atoms with van der Waals surface area (Å²) in [7, 11) is 0. The normalized spacial score (nSPS) is 11.7. The summed E-state index contributed by atoms with van der Waals surface area (Å²) in [5.41, 5.74) is 1.84. The molecule has 0 aliphatic heterocycles. The molecule has 3 rings (SSSR count). The summed E-state index contributed by atoms with van der Waals surface area (Å²) in [5, 5.41) is 0. The molecule has 0 atom stereocenters. The lowest BCUT2D eigenvalue weighted by molar-refractivity contribution is 1.49. The Morgan fingerprint density at radius 3 is 1.36 bits per heavy atom. The molecular formula is C16H10Br2N2S2. The van der Waals surface area contributed by atoms with Crippen molar-refractivity contribution in [3.63, 3.8) is 0 Å². The first kappa shape index (κ1) is 15.8. The molecule has 0 aliphatic rings. The Morgan fingerprint density at radius 2 is 1.05 bits per heavy atom. The smallest absolute Gasteiger partial charge is 0.0705 e. The van der Waals surface area contributed by atoms with Crippen LogP contribution in [-0.4, -0.2) is 12.4 Å². The third kappa shape index (κ3) is 4.46. The van der Waals surface area contributed by atoms with Crippen LogP contribution in [0, 0.1) is 0 Å². The van der Waals surface area contributed by atoms with Crippen molar-refractivity contribution < 1.29 is 0 Å². The quantitative estimate of drug-likeness (QED) is 0.386. The van der Waals surface area contributed by atoms with E-state index < -0.39 is 0 Å². The molecule has 22 heavy (non-hydrogen) atoms. The monoisotopic (exact) mass is 452 g/mol. The van der Waals surface area contributed by atoms with Crippen LogP contribution in [0.1, 0.15) is 9.75 Å². The summed E-state index contributed by atoms with van der Waals surface area (Å²) in [5.74, 6) is 0. The van der Waals surface area contributed by atoms with E-state index >= 15 is 0 Å². The van der Waals surface area contributed by atoms with Gasteiger partial charge in [-0.25, -0.2) is 0 Å². The van der Waals surface area contributed by atoms with Crippen molar-refractivity contribution in [1.29, 1.82) is 0 Å². The highest BCUT2D eigenvalue weighted by molar-refractivity contribution is 9.11. The SMILES string of the molecule is Brc1ccc(C=Nc2ccc(N=Cc3ccc(Br)s3)cc2)s1. The maximum Gasteiger partial charge on any atom is 0.0705 e. The number of hydrogen-bond acceptors (Lipinski definition) is 4. The Bertz CT molecular complexity index is 748.